The van der Waals surface area contributed by atoms with Crippen molar-refractivity contribution < 1.29 is 9.59 Å². The average Bonchev–Trinajstić information content (AvgIpc) is 3.07. The van der Waals surface area contributed by atoms with Crippen molar-refractivity contribution in [3.63, 3.8) is 0 Å². The van der Waals surface area contributed by atoms with E-state index >= 15 is 0 Å². The molecule has 1 unspecified atom stereocenters. The van der Waals surface area contributed by atoms with E-state index in [0.717, 1.165) is 18.7 Å². The molecular formula is C18H14Cl2N2O2. The van der Waals surface area contributed by atoms with E-state index in [9.17, 15) is 9.59 Å². The zero-order valence-electron chi connectivity index (χ0n) is 12.7. The van der Waals surface area contributed by atoms with Gasteiger partial charge in [0.1, 0.15) is 6.04 Å². The van der Waals surface area contributed by atoms with Crippen LogP contribution < -0.4 is 9.80 Å². The summed E-state index contributed by atoms with van der Waals surface area (Å²) in [5.41, 5.74) is 2.68. The number of para-hydroxylation sites is 1. The maximum absolute atomic E-state index is 12.9. The van der Waals surface area contributed by atoms with Crippen LogP contribution in [0.25, 0.3) is 0 Å². The summed E-state index contributed by atoms with van der Waals surface area (Å²) in [7, 11) is 0. The van der Waals surface area contributed by atoms with E-state index in [0.29, 0.717) is 15.7 Å². The first-order chi connectivity index (χ1) is 11.5. The molecule has 2 aliphatic rings. The molecule has 2 aromatic carbocycles. The molecule has 24 heavy (non-hydrogen) atoms. The Kier molecular flexibility index (Phi) is 3.74. The molecule has 4 rings (SSSR count). The lowest BCUT2D eigenvalue weighted by Crippen LogP contribution is -2.41. The van der Waals surface area contributed by atoms with Crippen LogP contribution in [0.2, 0.25) is 10.0 Å². The zero-order valence-corrected chi connectivity index (χ0v) is 14.2. The number of anilines is 2. The molecule has 0 spiro atoms. The number of hydrogen-bond donors (Lipinski definition) is 0. The summed E-state index contributed by atoms with van der Waals surface area (Å²) in [4.78, 5) is 28.6. The number of carbonyl (C=O) groups excluding carboxylic acids is 2. The lowest BCUT2D eigenvalue weighted by atomic mass is 10.1. The quantitative estimate of drug-likeness (QED) is 0.766. The highest BCUT2D eigenvalue weighted by Crippen LogP contribution is 2.35. The van der Waals surface area contributed by atoms with Crippen molar-refractivity contribution in [2.24, 2.45) is 0 Å². The second kappa shape index (κ2) is 5.80. The number of halogens is 2. The number of amides is 2. The Labute approximate surface area is 149 Å². The van der Waals surface area contributed by atoms with Gasteiger partial charge in [0.2, 0.25) is 5.91 Å². The third-order valence-corrected chi connectivity index (χ3v) is 4.96. The van der Waals surface area contributed by atoms with Crippen molar-refractivity contribution in [3.05, 3.63) is 58.1 Å². The summed E-state index contributed by atoms with van der Waals surface area (Å²) in [6.07, 6.45) is 1.05. The standard InChI is InChI=1S/C18H14Cl2N2O2/c19-12-7-13(20)9-14(8-12)22-17(23)10-16(18(22)24)21-6-5-11-3-1-2-4-15(11)21/h1-4,7-9,16H,5-6,10H2. The molecule has 0 aromatic heterocycles. The Morgan fingerprint density at radius 3 is 2.46 bits per heavy atom. The second-order valence-electron chi connectivity index (χ2n) is 5.99. The molecule has 0 saturated carbocycles. The first kappa shape index (κ1) is 15.5. The van der Waals surface area contributed by atoms with Crippen molar-refractivity contribution in [3.8, 4) is 0 Å². The highest BCUT2D eigenvalue weighted by Gasteiger charge is 2.44. The van der Waals surface area contributed by atoms with Crippen molar-refractivity contribution in [1.29, 1.82) is 0 Å². The Bertz CT molecular complexity index is 832. The summed E-state index contributed by atoms with van der Waals surface area (Å²) >= 11 is 12.0. The van der Waals surface area contributed by atoms with Crippen LogP contribution in [0.3, 0.4) is 0 Å². The number of imide groups is 1. The van der Waals surface area contributed by atoms with Crippen molar-refractivity contribution in [2.45, 2.75) is 18.9 Å². The number of rotatable bonds is 2. The summed E-state index contributed by atoms with van der Waals surface area (Å²) in [5.74, 6) is -0.456. The average molecular weight is 361 g/mol. The van der Waals surface area contributed by atoms with Gasteiger partial charge in [-0.3, -0.25) is 9.59 Å². The van der Waals surface area contributed by atoms with Crippen LogP contribution in [0.5, 0.6) is 0 Å². The molecule has 122 valence electrons. The third-order valence-electron chi connectivity index (χ3n) is 4.53. The van der Waals surface area contributed by atoms with Gasteiger partial charge in [-0.2, -0.15) is 0 Å². The van der Waals surface area contributed by atoms with Gasteiger partial charge >= 0.3 is 0 Å². The number of nitrogens with zero attached hydrogens (tertiary/aromatic N) is 2. The van der Waals surface area contributed by atoms with Crippen LogP contribution in [-0.4, -0.2) is 24.4 Å². The van der Waals surface area contributed by atoms with E-state index in [4.69, 9.17) is 23.2 Å². The van der Waals surface area contributed by atoms with Crippen LogP contribution in [0.1, 0.15) is 12.0 Å². The van der Waals surface area contributed by atoms with Gasteiger partial charge in [-0.25, -0.2) is 4.90 Å². The molecule has 0 bridgehead atoms. The molecule has 6 heteroatoms. The molecule has 0 aliphatic carbocycles. The minimum Gasteiger partial charge on any atom is -0.359 e. The Hall–Kier alpha value is -2.04. The largest absolute Gasteiger partial charge is 0.359 e. The fourth-order valence-electron chi connectivity index (χ4n) is 3.49. The molecular weight excluding hydrogens is 347 g/mol. The van der Waals surface area contributed by atoms with Gasteiger partial charge in [-0.1, -0.05) is 41.4 Å². The molecule has 0 N–H and O–H groups in total. The number of carbonyl (C=O) groups is 2. The van der Waals surface area contributed by atoms with Crippen molar-refractivity contribution in [1.82, 2.24) is 0 Å². The monoisotopic (exact) mass is 360 g/mol. The van der Waals surface area contributed by atoms with E-state index in [1.54, 1.807) is 18.2 Å². The summed E-state index contributed by atoms with van der Waals surface area (Å²) < 4.78 is 0. The zero-order chi connectivity index (χ0) is 16.8. The topological polar surface area (TPSA) is 40.6 Å². The highest BCUT2D eigenvalue weighted by molar-refractivity contribution is 6.35. The lowest BCUT2D eigenvalue weighted by Gasteiger charge is -2.25. The SMILES string of the molecule is O=C1CC(N2CCc3ccccc32)C(=O)N1c1cc(Cl)cc(Cl)c1. The third kappa shape index (κ3) is 2.46. The minimum absolute atomic E-state index is 0.164. The van der Waals surface area contributed by atoms with Crippen LogP contribution in [0.15, 0.2) is 42.5 Å². The number of fused-ring (bicyclic) bond motifs is 1. The summed E-state index contributed by atoms with van der Waals surface area (Å²) in [5, 5.41) is 0.793. The molecule has 2 aliphatic heterocycles. The molecule has 1 atom stereocenters. The van der Waals surface area contributed by atoms with Crippen molar-refractivity contribution in [2.75, 3.05) is 16.3 Å². The number of hydrogen-bond acceptors (Lipinski definition) is 3. The van der Waals surface area contributed by atoms with E-state index in [1.165, 1.54) is 10.5 Å². The molecule has 2 aromatic rings. The minimum atomic E-state index is -0.473. The molecule has 1 saturated heterocycles. The highest BCUT2D eigenvalue weighted by atomic mass is 35.5. The maximum atomic E-state index is 12.9. The normalized spacial score (nSPS) is 20.0. The predicted molar refractivity (Wildman–Crippen MR) is 94.9 cm³/mol. The maximum Gasteiger partial charge on any atom is 0.256 e. The van der Waals surface area contributed by atoms with E-state index in [1.807, 2.05) is 23.1 Å². The van der Waals surface area contributed by atoms with Gasteiger partial charge < -0.3 is 4.90 Å². The Balaban J connectivity index is 1.67. The van der Waals surface area contributed by atoms with Gasteiger partial charge in [0.15, 0.2) is 0 Å². The van der Waals surface area contributed by atoms with Gasteiger partial charge in [0.05, 0.1) is 12.1 Å². The second-order valence-corrected chi connectivity index (χ2v) is 6.86. The smallest absolute Gasteiger partial charge is 0.256 e. The first-order valence-corrected chi connectivity index (χ1v) is 8.47. The van der Waals surface area contributed by atoms with Crippen LogP contribution in [-0.2, 0) is 16.0 Å². The van der Waals surface area contributed by atoms with Crippen molar-refractivity contribution >= 4 is 46.4 Å². The first-order valence-electron chi connectivity index (χ1n) is 7.72. The fourth-order valence-corrected chi connectivity index (χ4v) is 4.00. The Morgan fingerprint density at radius 1 is 1.00 bits per heavy atom. The van der Waals surface area contributed by atoms with Gasteiger partial charge in [0, 0.05) is 22.3 Å². The van der Waals surface area contributed by atoms with E-state index in [-0.39, 0.29) is 18.2 Å². The van der Waals surface area contributed by atoms with Gasteiger partial charge in [-0.15, -0.1) is 0 Å². The van der Waals surface area contributed by atoms with E-state index in [2.05, 4.69) is 6.07 Å². The van der Waals surface area contributed by atoms with Crippen LogP contribution >= 0.6 is 23.2 Å². The predicted octanol–water partition coefficient (Wildman–Crippen LogP) is 3.69. The molecule has 2 heterocycles. The van der Waals surface area contributed by atoms with Gasteiger partial charge in [-0.05, 0) is 36.2 Å². The molecule has 0 radical (unpaired) electrons. The van der Waals surface area contributed by atoms with E-state index < -0.39 is 6.04 Å². The van der Waals surface area contributed by atoms with Crippen LogP contribution in [0, 0.1) is 0 Å². The van der Waals surface area contributed by atoms with Crippen LogP contribution in [0.4, 0.5) is 11.4 Å². The summed E-state index contributed by atoms with van der Waals surface area (Å²) in [6.45, 7) is 0.743. The molecule has 2 amide bonds. The lowest BCUT2D eigenvalue weighted by molar-refractivity contribution is -0.121. The Morgan fingerprint density at radius 2 is 1.71 bits per heavy atom. The number of benzene rings is 2. The molecule has 4 nitrogen and oxygen atoms in total. The van der Waals surface area contributed by atoms with Gasteiger partial charge in [0.25, 0.3) is 5.91 Å². The summed E-state index contributed by atoms with van der Waals surface area (Å²) in [6, 6.07) is 12.3. The molecule has 1 fully saturated rings. The fraction of sp³-hybridized carbons (Fsp3) is 0.222.